The highest BCUT2D eigenvalue weighted by Crippen LogP contribution is 2.28. The second-order valence-corrected chi connectivity index (χ2v) is 10.9. The zero-order valence-electron chi connectivity index (χ0n) is 18.0. The third kappa shape index (κ3) is 8.51. The molecule has 33 heavy (non-hydrogen) atoms. The smallest absolute Gasteiger partial charge is 0.230 e. The average molecular weight is 479 g/mol. The van der Waals surface area contributed by atoms with Crippen molar-refractivity contribution >= 4 is 21.0 Å². The third-order valence-corrected chi connectivity index (χ3v) is 7.66. The molecule has 0 aliphatic rings. The molecule has 6 heteroatoms. The predicted molar refractivity (Wildman–Crippen MR) is 133 cm³/mol. The van der Waals surface area contributed by atoms with E-state index in [4.69, 9.17) is 0 Å². The van der Waals surface area contributed by atoms with Gasteiger partial charge in [-0.2, -0.15) is 0 Å². The normalized spacial score (nSPS) is 12.0. The van der Waals surface area contributed by atoms with Gasteiger partial charge in [0.15, 0.2) is 9.79 Å². The summed E-state index contributed by atoms with van der Waals surface area (Å²) in [4.78, 5) is 2.36. The summed E-state index contributed by atoms with van der Waals surface area (Å²) < 4.78 is 30.7. The Morgan fingerprint density at radius 3 is 1.39 bits per heavy atom. The van der Waals surface area contributed by atoms with Crippen LogP contribution in [0.5, 0.6) is 0 Å². The van der Waals surface area contributed by atoms with Gasteiger partial charge in [-0.3, -0.25) is 0 Å². The Kier molecular flexibility index (Phi) is 9.27. The van der Waals surface area contributed by atoms with Gasteiger partial charge in [0.1, 0.15) is 0 Å². The number of aliphatic hydroxyl groups excluding tert-OH is 1. The first-order valence-electron chi connectivity index (χ1n) is 10.4. The highest BCUT2D eigenvalue weighted by atomic mass is 32.2. The minimum absolute atomic E-state index is 0.341. The second-order valence-electron chi connectivity index (χ2n) is 7.30. The summed E-state index contributed by atoms with van der Waals surface area (Å²) in [6.07, 6.45) is 0.660. The summed E-state index contributed by atoms with van der Waals surface area (Å²) in [5.74, 6) is -0.423. The summed E-state index contributed by atoms with van der Waals surface area (Å²) in [5, 5.41) is 10.9. The monoisotopic (exact) mass is 478 g/mol. The van der Waals surface area contributed by atoms with Crippen molar-refractivity contribution < 1.29 is 18.1 Å². The van der Waals surface area contributed by atoms with Gasteiger partial charge in [-0.15, -0.1) is 0 Å². The van der Waals surface area contributed by atoms with Gasteiger partial charge < -0.3 is 9.66 Å². The molecular weight excluding hydrogens is 452 g/mol. The van der Waals surface area contributed by atoms with Crippen LogP contribution in [0, 0.1) is 0 Å². The molecule has 0 saturated heterocycles. The highest BCUT2D eigenvalue weighted by Gasteiger charge is 2.33. The van der Waals surface area contributed by atoms with Crippen LogP contribution < -0.4 is 0 Å². The fraction of sp³-hybridized carbons (Fsp3) is 0.111. The van der Waals surface area contributed by atoms with Crippen LogP contribution in [0.4, 0.5) is 0 Å². The van der Waals surface area contributed by atoms with E-state index in [0.717, 1.165) is 0 Å². The molecule has 4 aromatic rings. The lowest BCUT2D eigenvalue weighted by Gasteiger charge is -2.14. The lowest BCUT2D eigenvalue weighted by atomic mass is 10.2. The topological polar surface area (TPSA) is 77.4 Å². The molecule has 1 unspecified atom stereocenters. The van der Waals surface area contributed by atoms with Gasteiger partial charge in [0.05, 0.1) is 26.8 Å². The van der Waals surface area contributed by atoms with E-state index in [1.807, 2.05) is 54.6 Å². The van der Waals surface area contributed by atoms with Gasteiger partial charge in [-0.25, -0.2) is 8.42 Å². The van der Waals surface area contributed by atoms with E-state index in [1.54, 1.807) is 30.3 Å². The summed E-state index contributed by atoms with van der Waals surface area (Å²) in [7, 11) is -4.47. The fourth-order valence-corrected chi connectivity index (χ4v) is 6.02. The molecule has 1 N–H and O–H groups in total. The first-order valence-corrected chi connectivity index (χ1v) is 13.3. The van der Waals surface area contributed by atoms with Crippen LogP contribution >= 0.6 is 0 Å². The largest absolute Gasteiger partial charge is 0.748 e. The first kappa shape index (κ1) is 24.7. The van der Waals surface area contributed by atoms with Crippen LogP contribution in [0.25, 0.3) is 0 Å². The van der Waals surface area contributed by atoms with Crippen molar-refractivity contribution in [3.05, 3.63) is 132 Å². The Hall–Kier alpha value is -2.90. The van der Waals surface area contributed by atoms with E-state index in [-0.39, 0.29) is 10.9 Å². The maximum atomic E-state index is 10.9. The Morgan fingerprint density at radius 1 is 0.636 bits per heavy atom. The van der Waals surface area contributed by atoms with Gasteiger partial charge in [-0.1, -0.05) is 97.1 Å². The minimum Gasteiger partial charge on any atom is -0.748 e. The maximum Gasteiger partial charge on any atom is 0.230 e. The quantitative estimate of drug-likeness (QED) is 0.299. The molecule has 0 fully saturated rings. The number of hydrogen-bond donors (Lipinski definition) is 1. The zero-order valence-corrected chi connectivity index (χ0v) is 19.7. The SMILES string of the molecule is O=S(=O)([O-])Cc1ccccc1.OC(Cc1ccccc1)[S+](c1ccccc1)c1ccccc1. The van der Waals surface area contributed by atoms with Crippen molar-refractivity contribution in [1.82, 2.24) is 0 Å². The van der Waals surface area contributed by atoms with Crippen LogP contribution in [-0.2, 0) is 33.2 Å². The predicted octanol–water partition coefficient (Wildman–Crippen LogP) is 5.02. The molecule has 1 atom stereocenters. The molecule has 4 rings (SSSR count). The molecule has 0 aliphatic carbocycles. The molecular formula is C27H26O4S2. The highest BCUT2D eigenvalue weighted by molar-refractivity contribution is 7.97. The molecule has 0 aromatic heterocycles. The van der Waals surface area contributed by atoms with Crippen LogP contribution in [0.2, 0.25) is 0 Å². The third-order valence-electron chi connectivity index (χ3n) is 4.71. The maximum absolute atomic E-state index is 10.9. The van der Waals surface area contributed by atoms with E-state index in [1.165, 1.54) is 15.4 Å². The molecule has 4 aromatic carbocycles. The zero-order chi connectivity index (χ0) is 23.5. The van der Waals surface area contributed by atoms with Crippen molar-refractivity contribution in [3.63, 3.8) is 0 Å². The molecule has 4 nitrogen and oxygen atoms in total. The van der Waals surface area contributed by atoms with E-state index in [0.29, 0.717) is 12.0 Å². The summed E-state index contributed by atoms with van der Waals surface area (Å²) in [6, 6.07) is 39.1. The van der Waals surface area contributed by atoms with E-state index in [9.17, 15) is 18.1 Å². The summed E-state index contributed by atoms with van der Waals surface area (Å²) >= 11 is 0. The molecule has 170 valence electrons. The number of aliphatic hydroxyl groups is 1. The summed E-state index contributed by atoms with van der Waals surface area (Å²) in [5.41, 5.74) is 1.27. The molecule has 0 amide bonds. The molecule has 0 spiro atoms. The Morgan fingerprint density at radius 2 is 1.00 bits per heavy atom. The lowest BCUT2D eigenvalue weighted by molar-refractivity contribution is 0.260. The van der Waals surface area contributed by atoms with E-state index >= 15 is 0 Å². The first-order chi connectivity index (χ1) is 15.9. The van der Waals surface area contributed by atoms with Crippen LogP contribution in [0.15, 0.2) is 131 Å². The number of rotatable bonds is 7. The Bertz CT molecular complexity index is 1140. The number of benzene rings is 4. The van der Waals surface area contributed by atoms with Crippen LogP contribution in [0.3, 0.4) is 0 Å². The number of hydrogen-bond acceptors (Lipinski definition) is 4. The van der Waals surface area contributed by atoms with Gasteiger partial charge in [0, 0.05) is 6.42 Å². The van der Waals surface area contributed by atoms with Gasteiger partial charge in [-0.05, 0) is 35.4 Å². The second kappa shape index (κ2) is 12.4. The van der Waals surface area contributed by atoms with Gasteiger partial charge in [0.25, 0.3) is 0 Å². The Balaban J connectivity index is 0.000000235. The molecule has 0 aliphatic heterocycles. The van der Waals surface area contributed by atoms with E-state index in [2.05, 4.69) is 36.4 Å². The minimum atomic E-state index is -4.13. The fourth-order valence-electron chi connectivity index (χ4n) is 3.26. The Labute approximate surface area is 198 Å². The van der Waals surface area contributed by atoms with Gasteiger partial charge in [0.2, 0.25) is 5.44 Å². The summed E-state index contributed by atoms with van der Waals surface area (Å²) in [6.45, 7) is 0. The molecule has 0 radical (unpaired) electrons. The van der Waals surface area contributed by atoms with E-state index < -0.39 is 21.3 Å². The van der Waals surface area contributed by atoms with Crippen molar-refractivity contribution in [2.75, 3.05) is 0 Å². The standard InChI is InChI=1S/C20H19OS.C7H8O3S/c21-20(16-17-10-4-1-5-11-17)22(18-12-6-2-7-13-18)19-14-8-3-9-15-19;8-11(9,10)6-7-4-2-1-3-5-7/h1-15,20-21H,16H2;1-5H,6H2,(H,8,9,10)/q+1;/p-1. The van der Waals surface area contributed by atoms with Crippen molar-refractivity contribution in [3.8, 4) is 0 Å². The average Bonchev–Trinajstić information content (AvgIpc) is 2.81. The molecule has 0 saturated carbocycles. The van der Waals surface area contributed by atoms with Crippen LogP contribution in [-0.4, -0.2) is 23.5 Å². The molecule has 0 bridgehead atoms. The van der Waals surface area contributed by atoms with Crippen molar-refractivity contribution in [1.29, 1.82) is 0 Å². The molecule has 0 heterocycles. The van der Waals surface area contributed by atoms with Gasteiger partial charge >= 0.3 is 0 Å². The van der Waals surface area contributed by atoms with Crippen LogP contribution in [0.1, 0.15) is 11.1 Å². The lowest BCUT2D eigenvalue weighted by Crippen LogP contribution is -2.24. The van der Waals surface area contributed by atoms with Crippen molar-refractivity contribution in [2.45, 2.75) is 27.4 Å². The van der Waals surface area contributed by atoms with Crippen molar-refractivity contribution in [2.24, 2.45) is 0 Å².